The zero-order chi connectivity index (χ0) is 20.1. The molecule has 0 aromatic heterocycles. The summed E-state index contributed by atoms with van der Waals surface area (Å²) in [6.45, 7) is 1.17. The first-order chi connectivity index (χ1) is 13.4. The number of halogens is 2. The summed E-state index contributed by atoms with van der Waals surface area (Å²) >= 11 is 6.23. The molecule has 0 amide bonds. The highest BCUT2D eigenvalue weighted by Crippen LogP contribution is 2.22. The van der Waals surface area contributed by atoms with Gasteiger partial charge in [-0.25, -0.2) is 13.1 Å². The van der Waals surface area contributed by atoms with Gasteiger partial charge in [-0.15, -0.1) is 24.0 Å². The Kier molecular flexibility index (Phi) is 8.74. The van der Waals surface area contributed by atoms with Crippen LogP contribution in [0.1, 0.15) is 24.0 Å². The van der Waals surface area contributed by atoms with Crippen LogP contribution in [0.3, 0.4) is 0 Å². The lowest BCUT2D eigenvalue weighted by Crippen LogP contribution is -2.38. The van der Waals surface area contributed by atoms with Crippen molar-refractivity contribution in [3.63, 3.8) is 0 Å². The fourth-order valence-corrected chi connectivity index (χ4v) is 4.30. The summed E-state index contributed by atoms with van der Waals surface area (Å²) in [5.74, 6) is 0.729. The number of aliphatic imine (C=N–C) groups is 1. The van der Waals surface area contributed by atoms with E-state index in [1.807, 2.05) is 48.3 Å². The highest BCUT2D eigenvalue weighted by Gasteiger charge is 2.27. The van der Waals surface area contributed by atoms with Gasteiger partial charge in [0.1, 0.15) is 0 Å². The second kappa shape index (κ2) is 10.6. The Hall–Kier alpha value is -1.36. The molecule has 1 saturated carbocycles. The second-order valence-corrected chi connectivity index (χ2v) is 9.01. The van der Waals surface area contributed by atoms with E-state index >= 15 is 0 Å². The number of hydrogen-bond acceptors (Lipinski definition) is 3. The van der Waals surface area contributed by atoms with Gasteiger partial charge < -0.3 is 10.2 Å². The number of benzene rings is 2. The van der Waals surface area contributed by atoms with Gasteiger partial charge in [-0.1, -0.05) is 41.9 Å². The minimum Gasteiger partial charge on any atom is -0.352 e. The molecule has 0 radical (unpaired) electrons. The van der Waals surface area contributed by atoms with Gasteiger partial charge in [-0.2, -0.15) is 0 Å². The fraction of sp³-hybridized carbons (Fsp3) is 0.350. The van der Waals surface area contributed by atoms with E-state index in [-0.39, 0.29) is 30.0 Å². The SMILES string of the molecule is CN=C(NCc1ccc(S(=O)(=O)NC2CC2)cc1)N(C)Cc1ccccc1Cl.I. The average molecular weight is 549 g/mol. The Balaban J connectivity index is 0.00000300. The molecule has 0 atom stereocenters. The van der Waals surface area contributed by atoms with E-state index < -0.39 is 10.0 Å². The molecule has 1 aliphatic rings. The van der Waals surface area contributed by atoms with Gasteiger partial charge in [0.2, 0.25) is 10.0 Å². The molecule has 2 aromatic rings. The predicted octanol–water partition coefficient (Wildman–Crippen LogP) is 3.61. The van der Waals surface area contributed by atoms with Gasteiger partial charge in [-0.3, -0.25) is 4.99 Å². The number of rotatable bonds is 7. The molecule has 9 heteroatoms. The minimum absolute atomic E-state index is 0. The number of hydrogen-bond donors (Lipinski definition) is 2. The van der Waals surface area contributed by atoms with Crippen molar-refractivity contribution in [2.75, 3.05) is 14.1 Å². The molecule has 3 rings (SSSR count). The third kappa shape index (κ3) is 6.84. The van der Waals surface area contributed by atoms with Gasteiger partial charge >= 0.3 is 0 Å². The number of sulfonamides is 1. The van der Waals surface area contributed by atoms with Crippen LogP contribution in [0.25, 0.3) is 0 Å². The van der Waals surface area contributed by atoms with E-state index in [9.17, 15) is 8.42 Å². The van der Waals surface area contributed by atoms with Gasteiger partial charge in [0.25, 0.3) is 0 Å². The maximum absolute atomic E-state index is 12.2. The maximum Gasteiger partial charge on any atom is 0.240 e. The van der Waals surface area contributed by atoms with Crippen LogP contribution < -0.4 is 10.0 Å². The molecule has 158 valence electrons. The molecule has 1 fully saturated rings. The maximum atomic E-state index is 12.2. The van der Waals surface area contributed by atoms with Crippen molar-refractivity contribution in [2.45, 2.75) is 36.9 Å². The van der Waals surface area contributed by atoms with E-state index in [0.29, 0.717) is 18.0 Å². The fourth-order valence-electron chi connectivity index (χ4n) is 2.80. The van der Waals surface area contributed by atoms with Crippen LogP contribution in [-0.2, 0) is 23.1 Å². The summed E-state index contributed by atoms with van der Waals surface area (Å²) < 4.78 is 27.2. The van der Waals surface area contributed by atoms with E-state index in [1.54, 1.807) is 19.2 Å². The predicted molar refractivity (Wildman–Crippen MR) is 128 cm³/mol. The van der Waals surface area contributed by atoms with Crippen molar-refractivity contribution in [1.82, 2.24) is 14.9 Å². The first kappa shape index (κ1) is 23.9. The van der Waals surface area contributed by atoms with Crippen LogP contribution in [0.4, 0.5) is 0 Å². The Bertz CT molecular complexity index is 947. The van der Waals surface area contributed by atoms with Gasteiger partial charge in [-0.05, 0) is 42.2 Å². The van der Waals surface area contributed by atoms with Crippen LogP contribution in [0.2, 0.25) is 5.02 Å². The second-order valence-electron chi connectivity index (χ2n) is 6.89. The van der Waals surface area contributed by atoms with Crippen molar-refractivity contribution in [1.29, 1.82) is 0 Å². The van der Waals surface area contributed by atoms with Crippen LogP contribution >= 0.6 is 35.6 Å². The lowest BCUT2D eigenvalue weighted by atomic mass is 10.2. The lowest BCUT2D eigenvalue weighted by Gasteiger charge is -2.22. The normalized spacial score (nSPS) is 14.2. The summed E-state index contributed by atoms with van der Waals surface area (Å²) in [4.78, 5) is 6.59. The summed E-state index contributed by atoms with van der Waals surface area (Å²) in [6, 6.07) is 14.7. The van der Waals surface area contributed by atoms with Gasteiger partial charge in [0.05, 0.1) is 4.90 Å². The topological polar surface area (TPSA) is 73.8 Å². The van der Waals surface area contributed by atoms with Crippen molar-refractivity contribution in [3.05, 3.63) is 64.7 Å². The Morgan fingerprint density at radius 1 is 1.17 bits per heavy atom. The number of guanidine groups is 1. The molecule has 0 heterocycles. The average Bonchev–Trinajstić information content (AvgIpc) is 3.48. The van der Waals surface area contributed by atoms with Crippen LogP contribution in [0.5, 0.6) is 0 Å². The zero-order valence-corrected chi connectivity index (χ0v) is 20.3. The molecule has 0 spiro atoms. The monoisotopic (exact) mass is 548 g/mol. The molecule has 1 aliphatic carbocycles. The van der Waals surface area contributed by atoms with E-state index in [4.69, 9.17) is 11.6 Å². The number of nitrogens with one attached hydrogen (secondary N) is 2. The van der Waals surface area contributed by atoms with Gasteiger partial charge in [0.15, 0.2) is 5.96 Å². The quantitative estimate of drug-likeness (QED) is 0.315. The highest BCUT2D eigenvalue weighted by atomic mass is 127. The third-order valence-electron chi connectivity index (χ3n) is 4.52. The zero-order valence-electron chi connectivity index (χ0n) is 16.4. The largest absolute Gasteiger partial charge is 0.352 e. The van der Waals surface area contributed by atoms with Crippen LogP contribution in [-0.4, -0.2) is 39.4 Å². The summed E-state index contributed by atoms with van der Waals surface area (Å²) in [5.41, 5.74) is 1.99. The molecule has 2 aromatic carbocycles. The molecular weight excluding hydrogens is 523 g/mol. The van der Waals surface area contributed by atoms with E-state index in [0.717, 1.165) is 35.0 Å². The molecule has 0 bridgehead atoms. The Labute approximate surface area is 194 Å². The van der Waals surface area contributed by atoms with E-state index in [2.05, 4.69) is 15.0 Å². The summed E-state index contributed by atoms with van der Waals surface area (Å²) in [7, 11) is 0.252. The molecular formula is C20H26ClIN4O2S. The molecule has 29 heavy (non-hydrogen) atoms. The standard InChI is InChI=1S/C20H25ClN4O2S.HI/c1-22-20(25(2)14-16-5-3-4-6-19(16)21)23-13-15-7-11-18(12-8-15)28(26,27)24-17-9-10-17;/h3-8,11-12,17,24H,9-10,13-14H2,1-2H3,(H,22,23);1H. The molecule has 0 saturated heterocycles. The Morgan fingerprint density at radius 2 is 1.83 bits per heavy atom. The van der Waals surface area contributed by atoms with Crippen molar-refractivity contribution in [3.8, 4) is 0 Å². The molecule has 2 N–H and O–H groups in total. The smallest absolute Gasteiger partial charge is 0.240 e. The van der Waals surface area contributed by atoms with E-state index in [1.165, 1.54) is 0 Å². The van der Waals surface area contributed by atoms with Crippen LogP contribution in [0, 0.1) is 0 Å². The van der Waals surface area contributed by atoms with Crippen LogP contribution in [0.15, 0.2) is 58.4 Å². The molecule has 6 nitrogen and oxygen atoms in total. The molecule has 0 aliphatic heterocycles. The lowest BCUT2D eigenvalue weighted by molar-refractivity contribution is 0.476. The van der Waals surface area contributed by atoms with Crippen molar-refractivity contribution >= 4 is 51.6 Å². The van der Waals surface area contributed by atoms with Crippen molar-refractivity contribution in [2.24, 2.45) is 4.99 Å². The summed E-state index contributed by atoms with van der Waals surface area (Å²) in [6.07, 6.45) is 1.84. The highest BCUT2D eigenvalue weighted by molar-refractivity contribution is 14.0. The van der Waals surface area contributed by atoms with Crippen molar-refractivity contribution < 1.29 is 8.42 Å². The molecule has 0 unspecified atom stereocenters. The summed E-state index contributed by atoms with van der Waals surface area (Å²) in [5, 5.41) is 4.02. The first-order valence-corrected chi connectivity index (χ1v) is 11.0. The first-order valence-electron chi connectivity index (χ1n) is 9.15. The Morgan fingerprint density at radius 3 is 2.41 bits per heavy atom. The van der Waals surface area contributed by atoms with Gasteiger partial charge in [0, 0.05) is 38.2 Å². The third-order valence-corrected chi connectivity index (χ3v) is 6.43. The minimum atomic E-state index is -3.42. The number of nitrogens with zero attached hydrogens (tertiary/aromatic N) is 2.